The van der Waals surface area contributed by atoms with Gasteiger partial charge in [-0.3, -0.25) is 14.3 Å². The number of nitrogens with zero attached hydrogens (tertiary/aromatic N) is 1. The van der Waals surface area contributed by atoms with Crippen LogP contribution in [0.25, 0.3) is 0 Å². The molecule has 7 heteroatoms. The largest absolute Gasteiger partial charge is 0.381 e. The molecule has 1 N–H and O–H groups in total. The summed E-state index contributed by atoms with van der Waals surface area (Å²) in [5, 5.41) is 14.0. The van der Waals surface area contributed by atoms with Gasteiger partial charge in [-0.15, -0.1) is 0 Å². The number of hydrogen-bond donors (Lipinski definition) is 1. The lowest BCUT2D eigenvalue weighted by molar-refractivity contribution is -0.384. The zero-order chi connectivity index (χ0) is 13.1. The summed E-state index contributed by atoms with van der Waals surface area (Å²) in [4.78, 5) is 10.2. The van der Waals surface area contributed by atoms with E-state index in [-0.39, 0.29) is 5.69 Å². The number of anilines is 1. The Labute approximate surface area is 116 Å². The molecule has 1 aliphatic rings. The third kappa shape index (κ3) is 3.29. The lowest BCUT2D eigenvalue weighted by Gasteiger charge is -2.24. The van der Waals surface area contributed by atoms with Crippen molar-refractivity contribution in [1.82, 2.24) is 0 Å². The van der Waals surface area contributed by atoms with E-state index in [1.165, 1.54) is 12.1 Å². The Kier molecular flexibility index (Phi) is 4.34. The van der Waals surface area contributed by atoms with Crippen molar-refractivity contribution in [3.05, 3.63) is 32.8 Å². The van der Waals surface area contributed by atoms with Gasteiger partial charge in [-0.05, 0) is 34.8 Å². The molecule has 1 aromatic carbocycles. The molecule has 0 aliphatic carbocycles. The zero-order valence-corrected chi connectivity index (χ0v) is 12.0. The molecule has 0 saturated carbocycles. The monoisotopic (exact) mass is 332 g/mol. The van der Waals surface area contributed by atoms with Crippen molar-refractivity contribution in [2.45, 2.75) is 18.9 Å². The predicted molar refractivity (Wildman–Crippen MR) is 75.3 cm³/mol. The second-order valence-corrected chi connectivity index (χ2v) is 6.74. The molecule has 0 atom stereocenters. The Morgan fingerprint density at radius 2 is 2.06 bits per heavy atom. The second kappa shape index (κ2) is 5.79. The highest BCUT2D eigenvalue weighted by molar-refractivity contribution is 9.10. The van der Waals surface area contributed by atoms with Crippen LogP contribution in [0.3, 0.4) is 0 Å². The van der Waals surface area contributed by atoms with Crippen molar-refractivity contribution in [2.24, 2.45) is 0 Å². The first-order valence-corrected chi connectivity index (χ1v) is 7.90. The summed E-state index contributed by atoms with van der Waals surface area (Å²) >= 11 is 3.33. The summed E-state index contributed by atoms with van der Waals surface area (Å²) in [6.07, 6.45) is 1.74. The maximum atomic E-state index is 11.2. The molecular formula is C11H13BrN2O3S. The first-order chi connectivity index (χ1) is 8.56. The van der Waals surface area contributed by atoms with E-state index >= 15 is 0 Å². The Hall–Kier alpha value is -0.950. The molecule has 2 rings (SSSR count). The van der Waals surface area contributed by atoms with Gasteiger partial charge in [0.2, 0.25) is 0 Å². The van der Waals surface area contributed by atoms with Crippen LogP contribution in [0.4, 0.5) is 11.4 Å². The molecule has 0 radical (unpaired) electrons. The molecule has 0 unspecified atom stereocenters. The van der Waals surface area contributed by atoms with Gasteiger partial charge in [-0.25, -0.2) is 0 Å². The summed E-state index contributed by atoms with van der Waals surface area (Å²) in [6, 6.07) is 4.96. The highest BCUT2D eigenvalue weighted by atomic mass is 79.9. The lowest BCUT2D eigenvalue weighted by atomic mass is 10.1. The van der Waals surface area contributed by atoms with Crippen molar-refractivity contribution < 1.29 is 9.13 Å². The minimum absolute atomic E-state index is 0.0668. The standard InChI is InChI=1S/C11H13BrN2O3S/c12-10-7-9(14(15)16)1-2-11(10)13-8-3-5-18(17)6-4-8/h1-2,7-8,13H,3-6H2. The number of nitro groups is 1. The van der Waals surface area contributed by atoms with E-state index in [4.69, 9.17) is 0 Å². The van der Waals surface area contributed by atoms with Crippen LogP contribution in [-0.4, -0.2) is 26.7 Å². The Balaban J connectivity index is 2.05. The molecule has 18 heavy (non-hydrogen) atoms. The number of benzene rings is 1. The maximum absolute atomic E-state index is 11.2. The summed E-state index contributed by atoms with van der Waals surface area (Å²) in [5.74, 6) is 1.45. The average molecular weight is 333 g/mol. The van der Waals surface area contributed by atoms with Gasteiger partial charge in [0, 0.05) is 50.6 Å². The minimum Gasteiger partial charge on any atom is -0.381 e. The Bertz CT molecular complexity index is 485. The zero-order valence-electron chi connectivity index (χ0n) is 9.60. The smallest absolute Gasteiger partial charge is 0.270 e. The fourth-order valence-corrected chi connectivity index (χ4v) is 3.67. The molecule has 0 spiro atoms. The van der Waals surface area contributed by atoms with Gasteiger partial charge in [0.15, 0.2) is 0 Å². The molecule has 1 heterocycles. The molecule has 1 aromatic rings. The first kappa shape index (κ1) is 13.5. The van der Waals surface area contributed by atoms with E-state index in [2.05, 4.69) is 21.2 Å². The molecule has 5 nitrogen and oxygen atoms in total. The fraction of sp³-hybridized carbons (Fsp3) is 0.455. The molecule has 0 bridgehead atoms. The van der Waals surface area contributed by atoms with Crippen molar-refractivity contribution in [2.75, 3.05) is 16.8 Å². The number of non-ortho nitro benzene ring substituents is 1. The van der Waals surface area contributed by atoms with Crippen LogP contribution in [0.5, 0.6) is 0 Å². The number of hydrogen-bond acceptors (Lipinski definition) is 4. The van der Waals surface area contributed by atoms with E-state index in [9.17, 15) is 14.3 Å². The van der Waals surface area contributed by atoms with E-state index in [1.807, 2.05) is 0 Å². The van der Waals surface area contributed by atoms with Crippen molar-refractivity contribution in [1.29, 1.82) is 0 Å². The van der Waals surface area contributed by atoms with Gasteiger partial charge < -0.3 is 5.32 Å². The van der Waals surface area contributed by atoms with Crippen LogP contribution in [0.2, 0.25) is 0 Å². The second-order valence-electron chi connectivity index (χ2n) is 4.19. The van der Waals surface area contributed by atoms with E-state index < -0.39 is 15.7 Å². The third-order valence-corrected chi connectivity index (χ3v) is 4.95. The van der Waals surface area contributed by atoms with Gasteiger partial charge in [0.05, 0.1) is 4.92 Å². The van der Waals surface area contributed by atoms with Gasteiger partial charge in [-0.1, -0.05) is 0 Å². The molecule has 98 valence electrons. The molecule has 1 aliphatic heterocycles. The molecule has 0 amide bonds. The van der Waals surface area contributed by atoms with Crippen LogP contribution in [0.1, 0.15) is 12.8 Å². The summed E-state index contributed by atoms with van der Waals surface area (Å²) in [5.41, 5.74) is 0.912. The van der Waals surface area contributed by atoms with Gasteiger partial charge in [-0.2, -0.15) is 0 Å². The summed E-state index contributed by atoms with van der Waals surface area (Å²) in [6.45, 7) is 0. The van der Waals surface area contributed by atoms with Gasteiger partial charge in [0.25, 0.3) is 5.69 Å². The van der Waals surface area contributed by atoms with E-state index in [1.54, 1.807) is 6.07 Å². The topological polar surface area (TPSA) is 72.2 Å². The minimum atomic E-state index is -0.675. The van der Waals surface area contributed by atoms with E-state index in [0.717, 1.165) is 30.0 Å². The third-order valence-electron chi connectivity index (χ3n) is 2.91. The number of nitrogens with one attached hydrogen (secondary N) is 1. The lowest BCUT2D eigenvalue weighted by Crippen LogP contribution is -2.29. The number of nitro benzene ring substituents is 1. The number of halogens is 1. The van der Waals surface area contributed by atoms with Crippen molar-refractivity contribution in [3.63, 3.8) is 0 Å². The Morgan fingerprint density at radius 1 is 1.39 bits per heavy atom. The fourth-order valence-electron chi connectivity index (χ4n) is 1.89. The predicted octanol–water partition coefficient (Wildman–Crippen LogP) is 2.68. The number of rotatable bonds is 3. The van der Waals surface area contributed by atoms with E-state index in [0.29, 0.717) is 10.5 Å². The van der Waals surface area contributed by atoms with Gasteiger partial charge >= 0.3 is 0 Å². The molecule has 1 fully saturated rings. The van der Waals surface area contributed by atoms with Crippen LogP contribution >= 0.6 is 15.9 Å². The normalized spacial score (nSPS) is 23.6. The first-order valence-electron chi connectivity index (χ1n) is 5.61. The highest BCUT2D eigenvalue weighted by Crippen LogP contribution is 2.28. The summed E-state index contributed by atoms with van der Waals surface area (Å²) in [7, 11) is -0.675. The highest BCUT2D eigenvalue weighted by Gasteiger charge is 2.18. The summed E-state index contributed by atoms with van der Waals surface area (Å²) < 4.78 is 11.9. The average Bonchev–Trinajstić information content (AvgIpc) is 2.34. The van der Waals surface area contributed by atoms with Crippen molar-refractivity contribution in [3.8, 4) is 0 Å². The Morgan fingerprint density at radius 3 is 2.61 bits per heavy atom. The SMILES string of the molecule is O=[N+]([O-])c1ccc(NC2CCS(=O)CC2)c(Br)c1. The van der Waals surface area contributed by atoms with Crippen LogP contribution in [-0.2, 0) is 10.8 Å². The molecule has 1 saturated heterocycles. The van der Waals surface area contributed by atoms with Crippen LogP contribution in [0, 0.1) is 10.1 Å². The van der Waals surface area contributed by atoms with Crippen LogP contribution < -0.4 is 5.32 Å². The maximum Gasteiger partial charge on any atom is 0.270 e. The molecule has 0 aromatic heterocycles. The molecular weight excluding hydrogens is 320 g/mol. The van der Waals surface area contributed by atoms with Gasteiger partial charge in [0.1, 0.15) is 0 Å². The van der Waals surface area contributed by atoms with Crippen LogP contribution in [0.15, 0.2) is 22.7 Å². The van der Waals surface area contributed by atoms with Crippen molar-refractivity contribution >= 4 is 38.1 Å². The quantitative estimate of drug-likeness (QED) is 0.682.